The second-order valence-electron chi connectivity index (χ2n) is 5.85. The number of rotatable bonds is 7. The van der Waals surface area contributed by atoms with Crippen molar-refractivity contribution in [2.24, 2.45) is 11.7 Å². The number of amides is 1. The molecule has 0 aromatic heterocycles. The van der Waals surface area contributed by atoms with Crippen LogP contribution in [-0.4, -0.2) is 49.4 Å². The molecule has 6 heteroatoms. The number of carbonyl (C=O) groups is 1. The third kappa shape index (κ3) is 4.45. The number of unbranched alkanes of at least 4 members (excludes halogenated alkanes) is 1. The lowest BCUT2D eigenvalue weighted by Crippen LogP contribution is -2.51. The van der Waals surface area contributed by atoms with Gasteiger partial charge < -0.3 is 10.6 Å². The van der Waals surface area contributed by atoms with Crippen LogP contribution in [0.25, 0.3) is 0 Å². The minimum atomic E-state index is -2.99. The second-order valence-corrected chi connectivity index (χ2v) is 8.08. The van der Waals surface area contributed by atoms with E-state index < -0.39 is 15.9 Å². The number of sulfone groups is 1. The average Bonchev–Trinajstić information content (AvgIpc) is 2.77. The van der Waals surface area contributed by atoms with Crippen LogP contribution in [0.1, 0.15) is 46.5 Å². The van der Waals surface area contributed by atoms with E-state index in [1.807, 2.05) is 13.8 Å². The topological polar surface area (TPSA) is 80.5 Å². The summed E-state index contributed by atoms with van der Waals surface area (Å²) in [4.78, 5) is 14.3. The smallest absolute Gasteiger partial charge is 0.240 e. The van der Waals surface area contributed by atoms with E-state index in [1.54, 1.807) is 4.90 Å². The Morgan fingerprint density at radius 2 is 2.05 bits per heavy atom. The number of carbonyl (C=O) groups excluding carboxylic acids is 1. The molecular weight excluding hydrogens is 276 g/mol. The zero-order valence-corrected chi connectivity index (χ0v) is 13.7. The lowest BCUT2D eigenvalue weighted by Gasteiger charge is -2.32. The Labute approximate surface area is 122 Å². The zero-order chi connectivity index (χ0) is 15.3. The van der Waals surface area contributed by atoms with E-state index in [0.717, 1.165) is 19.3 Å². The van der Waals surface area contributed by atoms with Gasteiger partial charge in [0.15, 0.2) is 9.84 Å². The van der Waals surface area contributed by atoms with E-state index in [1.165, 1.54) is 0 Å². The van der Waals surface area contributed by atoms with E-state index in [4.69, 9.17) is 5.73 Å². The van der Waals surface area contributed by atoms with Gasteiger partial charge in [0.05, 0.1) is 17.5 Å². The summed E-state index contributed by atoms with van der Waals surface area (Å²) >= 11 is 0. The van der Waals surface area contributed by atoms with Gasteiger partial charge in [-0.15, -0.1) is 0 Å². The van der Waals surface area contributed by atoms with E-state index in [2.05, 4.69) is 6.92 Å². The normalized spacial score (nSPS) is 24.3. The molecule has 1 amide bonds. The first-order valence-electron chi connectivity index (χ1n) is 7.58. The monoisotopic (exact) mass is 304 g/mol. The third-order valence-corrected chi connectivity index (χ3v) is 5.98. The molecule has 0 aromatic rings. The van der Waals surface area contributed by atoms with Crippen molar-refractivity contribution in [1.29, 1.82) is 0 Å². The first-order valence-corrected chi connectivity index (χ1v) is 9.41. The summed E-state index contributed by atoms with van der Waals surface area (Å²) in [6.07, 6.45) is 3.25. The van der Waals surface area contributed by atoms with Gasteiger partial charge in [0.1, 0.15) is 0 Å². The molecule has 1 aliphatic rings. The van der Waals surface area contributed by atoms with Crippen molar-refractivity contribution < 1.29 is 13.2 Å². The van der Waals surface area contributed by atoms with Crippen molar-refractivity contribution in [3.63, 3.8) is 0 Å². The van der Waals surface area contributed by atoms with E-state index >= 15 is 0 Å². The van der Waals surface area contributed by atoms with Crippen LogP contribution in [0, 0.1) is 5.92 Å². The van der Waals surface area contributed by atoms with Crippen LogP contribution in [0.15, 0.2) is 0 Å². The first-order chi connectivity index (χ1) is 9.32. The largest absolute Gasteiger partial charge is 0.337 e. The summed E-state index contributed by atoms with van der Waals surface area (Å²) < 4.78 is 23.3. The molecule has 1 heterocycles. The summed E-state index contributed by atoms with van der Waals surface area (Å²) in [7, 11) is -2.99. The van der Waals surface area contributed by atoms with Gasteiger partial charge in [-0.25, -0.2) is 8.42 Å². The van der Waals surface area contributed by atoms with E-state index in [0.29, 0.717) is 13.0 Å². The highest BCUT2D eigenvalue weighted by molar-refractivity contribution is 7.91. The van der Waals surface area contributed by atoms with Crippen molar-refractivity contribution in [3.05, 3.63) is 0 Å². The molecule has 0 bridgehead atoms. The first kappa shape index (κ1) is 17.4. The Kier molecular flexibility index (Phi) is 6.45. The fourth-order valence-corrected chi connectivity index (χ4v) is 4.24. The predicted molar refractivity (Wildman–Crippen MR) is 81.1 cm³/mol. The quantitative estimate of drug-likeness (QED) is 0.766. The maximum atomic E-state index is 12.6. The molecule has 118 valence electrons. The third-order valence-electron chi connectivity index (χ3n) is 4.23. The fourth-order valence-electron chi connectivity index (χ4n) is 2.51. The Hall–Kier alpha value is -0.620. The van der Waals surface area contributed by atoms with Crippen molar-refractivity contribution >= 4 is 15.7 Å². The Morgan fingerprint density at radius 3 is 2.50 bits per heavy atom. The Balaban J connectivity index is 2.81. The molecule has 1 saturated heterocycles. The average molecular weight is 304 g/mol. The van der Waals surface area contributed by atoms with Crippen molar-refractivity contribution in [1.82, 2.24) is 4.90 Å². The zero-order valence-electron chi connectivity index (χ0n) is 12.8. The number of nitrogens with two attached hydrogens (primary N) is 1. The molecular formula is C14H28N2O3S. The van der Waals surface area contributed by atoms with Crippen LogP contribution in [0.4, 0.5) is 0 Å². The Morgan fingerprint density at radius 1 is 1.40 bits per heavy atom. The molecule has 1 aliphatic heterocycles. The van der Waals surface area contributed by atoms with Crippen LogP contribution in [0.3, 0.4) is 0 Å². The number of hydrogen-bond donors (Lipinski definition) is 1. The van der Waals surface area contributed by atoms with Gasteiger partial charge >= 0.3 is 0 Å². The molecule has 2 N–H and O–H groups in total. The summed E-state index contributed by atoms with van der Waals surface area (Å²) in [5.41, 5.74) is 6.04. The van der Waals surface area contributed by atoms with Gasteiger partial charge in [-0.1, -0.05) is 33.6 Å². The minimum absolute atomic E-state index is 0.0881. The molecule has 0 aromatic carbocycles. The highest BCUT2D eigenvalue weighted by Crippen LogP contribution is 2.20. The molecule has 0 aliphatic carbocycles. The summed E-state index contributed by atoms with van der Waals surface area (Å²) in [5, 5.41) is 0. The highest BCUT2D eigenvalue weighted by atomic mass is 32.2. The van der Waals surface area contributed by atoms with Gasteiger partial charge in [0.25, 0.3) is 0 Å². The lowest BCUT2D eigenvalue weighted by molar-refractivity contribution is -0.135. The molecule has 1 fully saturated rings. The molecule has 1 rings (SSSR count). The summed E-state index contributed by atoms with van der Waals surface area (Å²) in [6.45, 7) is 6.64. The summed E-state index contributed by atoms with van der Waals surface area (Å²) in [6, 6.07) is -0.714. The molecule has 0 saturated carbocycles. The van der Waals surface area contributed by atoms with Crippen molar-refractivity contribution in [3.8, 4) is 0 Å². The second kappa shape index (κ2) is 7.41. The maximum absolute atomic E-state index is 12.6. The number of nitrogens with zero attached hydrogens (tertiary/aromatic N) is 1. The van der Waals surface area contributed by atoms with E-state index in [-0.39, 0.29) is 29.4 Å². The molecule has 3 atom stereocenters. The predicted octanol–water partition coefficient (Wildman–Crippen LogP) is 1.18. The maximum Gasteiger partial charge on any atom is 0.240 e. The van der Waals surface area contributed by atoms with Crippen LogP contribution < -0.4 is 5.73 Å². The van der Waals surface area contributed by atoms with Crippen molar-refractivity contribution in [2.75, 3.05) is 18.1 Å². The molecule has 5 nitrogen and oxygen atoms in total. The van der Waals surface area contributed by atoms with Gasteiger partial charge in [-0.05, 0) is 18.8 Å². The molecule has 1 unspecified atom stereocenters. The standard InChI is InChI=1S/C14H28N2O3S/c1-4-6-8-16(12-7-9-20(18,19)10-12)14(17)13(15)11(3)5-2/h11-13H,4-10,15H2,1-3H3/t11-,12?,13-/m0/s1. The summed E-state index contributed by atoms with van der Waals surface area (Å²) in [5.74, 6) is 0.307. The molecule has 20 heavy (non-hydrogen) atoms. The number of hydrogen-bond acceptors (Lipinski definition) is 4. The highest BCUT2D eigenvalue weighted by Gasteiger charge is 2.36. The Bertz CT molecular complexity index is 422. The lowest BCUT2D eigenvalue weighted by atomic mass is 9.98. The van der Waals surface area contributed by atoms with Crippen LogP contribution in [-0.2, 0) is 14.6 Å². The van der Waals surface area contributed by atoms with Gasteiger partial charge in [-0.3, -0.25) is 4.79 Å². The van der Waals surface area contributed by atoms with Crippen molar-refractivity contribution in [2.45, 2.75) is 58.5 Å². The van der Waals surface area contributed by atoms with E-state index in [9.17, 15) is 13.2 Å². The van der Waals surface area contributed by atoms with Gasteiger partial charge in [0, 0.05) is 12.6 Å². The van der Waals surface area contributed by atoms with Crippen LogP contribution in [0.2, 0.25) is 0 Å². The van der Waals surface area contributed by atoms with Gasteiger partial charge in [-0.2, -0.15) is 0 Å². The molecule has 0 radical (unpaired) electrons. The fraction of sp³-hybridized carbons (Fsp3) is 0.929. The minimum Gasteiger partial charge on any atom is -0.337 e. The van der Waals surface area contributed by atoms with Gasteiger partial charge in [0.2, 0.25) is 5.91 Å². The SMILES string of the molecule is CCCCN(C(=O)[C@@H](N)[C@@H](C)CC)C1CCS(=O)(=O)C1. The van der Waals surface area contributed by atoms with Crippen LogP contribution >= 0.6 is 0 Å². The van der Waals surface area contributed by atoms with Crippen LogP contribution in [0.5, 0.6) is 0 Å². The molecule has 0 spiro atoms.